The van der Waals surface area contributed by atoms with Crippen LogP contribution >= 0.6 is 11.5 Å². The zero-order valence-corrected chi connectivity index (χ0v) is 21.6. The van der Waals surface area contributed by atoms with Crippen LogP contribution in [-0.4, -0.2) is 73.7 Å². The lowest BCUT2D eigenvalue weighted by Crippen LogP contribution is -2.54. The maximum atomic E-state index is 13.1. The molecule has 1 saturated heterocycles. The van der Waals surface area contributed by atoms with Crippen LogP contribution in [0, 0.1) is 12.8 Å². The summed E-state index contributed by atoms with van der Waals surface area (Å²) in [6, 6.07) is 5.33. The number of hydrogen-bond donors (Lipinski definition) is 2. The van der Waals surface area contributed by atoms with Gasteiger partial charge in [0, 0.05) is 61.9 Å². The smallest absolute Gasteiger partial charge is 0.341 e. The fourth-order valence-corrected chi connectivity index (χ4v) is 4.90. The summed E-state index contributed by atoms with van der Waals surface area (Å²) in [5.74, 6) is -0.557. The molecule has 1 amide bonds. The highest BCUT2D eigenvalue weighted by Crippen LogP contribution is 2.29. The van der Waals surface area contributed by atoms with E-state index in [2.05, 4.69) is 19.7 Å². The second-order valence-corrected chi connectivity index (χ2v) is 9.51. The van der Waals surface area contributed by atoms with E-state index in [1.165, 1.54) is 10.8 Å². The monoisotopic (exact) mass is 535 g/mol. The van der Waals surface area contributed by atoms with Crippen molar-refractivity contribution >= 4 is 40.3 Å². The predicted octanol–water partition coefficient (Wildman–Crippen LogP) is 1.89. The Hall–Kier alpha value is -4.23. The molecule has 0 aliphatic carbocycles. The Morgan fingerprint density at radius 2 is 2.11 bits per heavy atom. The molecule has 1 fully saturated rings. The molecular formula is C25H25N7O5S. The number of amides is 1. The average Bonchev–Trinajstić information content (AvgIpc) is 3.36. The zero-order chi connectivity index (χ0) is 26.8. The van der Waals surface area contributed by atoms with Gasteiger partial charge in [-0.3, -0.25) is 19.1 Å². The molecule has 5 heterocycles. The van der Waals surface area contributed by atoms with Gasteiger partial charge in [0.05, 0.1) is 17.9 Å². The Bertz CT molecular complexity index is 1560. The van der Waals surface area contributed by atoms with Gasteiger partial charge in [0.2, 0.25) is 16.5 Å². The second kappa shape index (κ2) is 10.6. The van der Waals surface area contributed by atoms with Crippen molar-refractivity contribution in [2.75, 3.05) is 37.7 Å². The molecule has 4 aromatic rings. The molecule has 38 heavy (non-hydrogen) atoms. The van der Waals surface area contributed by atoms with Crippen molar-refractivity contribution in [3.8, 4) is 16.5 Å². The van der Waals surface area contributed by atoms with Crippen molar-refractivity contribution < 1.29 is 19.4 Å². The molecule has 0 aromatic carbocycles. The van der Waals surface area contributed by atoms with Gasteiger partial charge in [0.25, 0.3) is 0 Å². The number of carboxylic acids is 1. The number of nitrogens with zero attached hydrogens (tertiary/aromatic N) is 6. The van der Waals surface area contributed by atoms with Crippen LogP contribution in [0.5, 0.6) is 0 Å². The normalized spacial score (nSPS) is 13.5. The molecule has 1 aliphatic heterocycles. The molecule has 0 atom stereocenters. The minimum atomic E-state index is -1.34. The van der Waals surface area contributed by atoms with E-state index in [9.17, 15) is 19.5 Å². The number of nitrogens with one attached hydrogen (secondary N) is 1. The summed E-state index contributed by atoms with van der Waals surface area (Å²) in [6.45, 7) is 6.10. The maximum Gasteiger partial charge on any atom is 0.341 e. The molecule has 0 unspecified atom stereocenters. The van der Waals surface area contributed by atoms with E-state index in [0.717, 1.165) is 11.5 Å². The highest BCUT2D eigenvalue weighted by atomic mass is 32.1. The first-order valence-corrected chi connectivity index (χ1v) is 12.8. The quantitative estimate of drug-likeness (QED) is 0.304. The van der Waals surface area contributed by atoms with Gasteiger partial charge in [-0.25, -0.2) is 9.78 Å². The van der Waals surface area contributed by atoms with Crippen LogP contribution in [-0.2, 0) is 9.53 Å². The molecule has 4 aromatic heterocycles. The third kappa shape index (κ3) is 4.85. The van der Waals surface area contributed by atoms with Crippen LogP contribution in [0.3, 0.4) is 0 Å². The first-order valence-electron chi connectivity index (χ1n) is 12.0. The van der Waals surface area contributed by atoms with Crippen LogP contribution in [0.15, 0.2) is 41.6 Å². The minimum absolute atomic E-state index is 0.0433. The topological polar surface area (TPSA) is 152 Å². The number of aromatic carboxylic acids is 1. The number of anilines is 1. The number of aromatic nitrogens is 5. The average molecular weight is 536 g/mol. The maximum absolute atomic E-state index is 13.1. The molecule has 0 saturated carbocycles. The van der Waals surface area contributed by atoms with E-state index in [4.69, 9.17) is 9.72 Å². The standard InChI is InChI=1S/C25H25N7O5S/c1-3-37-8-7-27-23(34)16-11-31(12-16)18-9-14(2)19-20(33)17(24(35)36)13-32(22(19)28-18)25-29-21(30-38-25)15-5-4-6-26-10-15/h4-6,9-10,13,16H,3,7-8,11-12H2,1-2H3,(H,27,34)(H,35,36). The number of hydrogen-bond acceptors (Lipinski definition) is 10. The SMILES string of the molecule is CCOCCNC(=O)C1CN(c2cc(C)c3c(=O)c(C(=O)O)cn(-c4nc(-c5cccnc5)ns4)c3n2)C1. The summed E-state index contributed by atoms with van der Waals surface area (Å²) in [5.41, 5.74) is 0.547. The first kappa shape index (κ1) is 25.4. The van der Waals surface area contributed by atoms with Crippen LogP contribution in [0.25, 0.3) is 27.6 Å². The van der Waals surface area contributed by atoms with Crippen LogP contribution in [0.1, 0.15) is 22.8 Å². The molecule has 13 heteroatoms. The minimum Gasteiger partial charge on any atom is -0.477 e. The zero-order valence-electron chi connectivity index (χ0n) is 20.7. The predicted molar refractivity (Wildman–Crippen MR) is 141 cm³/mol. The number of aryl methyl sites for hydroxylation is 1. The Labute approximate surface area is 221 Å². The summed E-state index contributed by atoms with van der Waals surface area (Å²) in [6.07, 6.45) is 4.51. The van der Waals surface area contributed by atoms with Crippen LogP contribution < -0.4 is 15.6 Å². The number of rotatable bonds is 9. The number of fused-ring (bicyclic) bond motifs is 1. The van der Waals surface area contributed by atoms with Crippen molar-refractivity contribution in [1.29, 1.82) is 0 Å². The lowest BCUT2D eigenvalue weighted by molar-refractivity contribution is -0.125. The van der Waals surface area contributed by atoms with Gasteiger partial charge in [0.1, 0.15) is 11.4 Å². The Morgan fingerprint density at radius 3 is 2.82 bits per heavy atom. The van der Waals surface area contributed by atoms with Crippen LogP contribution in [0.4, 0.5) is 5.82 Å². The number of carbonyl (C=O) groups excluding carboxylic acids is 1. The number of carboxylic acid groups (broad SMARTS) is 1. The highest BCUT2D eigenvalue weighted by molar-refractivity contribution is 7.08. The van der Waals surface area contributed by atoms with E-state index in [1.807, 2.05) is 17.9 Å². The van der Waals surface area contributed by atoms with Gasteiger partial charge >= 0.3 is 5.97 Å². The van der Waals surface area contributed by atoms with Gasteiger partial charge in [-0.1, -0.05) is 0 Å². The van der Waals surface area contributed by atoms with E-state index in [0.29, 0.717) is 60.7 Å². The summed E-state index contributed by atoms with van der Waals surface area (Å²) in [4.78, 5) is 52.7. The van der Waals surface area contributed by atoms with Gasteiger partial charge in [-0.2, -0.15) is 9.36 Å². The Kier molecular flexibility index (Phi) is 7.11. The second-order valence-electron chi connectivity index (χ2n) is 8.78. The van der Waals surface area contributed by atoms with Crippen molar-refractivity contribution in [2.24, 2.45) is 5.92 Å². The highest BCUT2D eigenvalue weighted by Gasteiger charge is 2.34. The number of ether oxygens (including phenoxy) is 1. The number of carbonyl (C=O) groups is 2. The number of pyridine rings is 3. The van der Waals surface area contributed by atoms with Gasteiger partial charge in [-0.05, 0) is 37.6 Å². The summed E-state index contributed by atoms with van der Waals surface area (Å²) >= 11 is 1.06. The summed E-state index contributed by atoms with van der Waals surface area (Å²) in [5, 5.41) is 13.1. The van der Waals surface area contributed by atoms with E-state index in [-0.39, 0.29) is 28.4 Å². The van der Waals surface area contributed by atoms with Crippen LogP contribution in [0.2, 0.25) is 0 Å². The lowest BCUT2D eigenvalue weighted by Gasteiger charge is -2.39. The van der Waals surface area contributed by atoms with E-state index in [1.54, 1.807) is 31.5 Å². The third-order valence-electron chi connectivity index (χ3n) is 6.24. The fraction of sp³-hybridized carbons (Fsp3) is 0.320. The lowest BCUT2D eigenvalue weighted by atomic mass is 9.98. The van der Waals surface area contributed by atoms with Crippen molar-refractivity contribution in [1.82, 2.24) is 29.2 Å². The van der Waals surface area contributed by atoms with E-state index < -0.39 is 11.4 Å². The van der Waals surface area contributed by atoms with Crippen molar-refractivity contribution in [3.63, 3.8) is 0 Å². The van der Waals surface area contributed by atoms with Gasteiger partial charge in [0.15, 0.2) is 11.5 Å². The molecule has 196 valence electrons. The summed E-state index contributed by atoms with van der Waals surface area (Å²) in [7, 11) is 0. The van der Waals surface area contributed by atoms with Crippen molar-refractivity contribution in [2.45, 2.75) is 13.8 Å². The Balaban J connectivity index is 1.49. The fourth-order valence-electron chi connectivity index (χ4n) is 4.23. The van der Waals surface area contributed by atoms with Gasteiger partial charge in [-0.15, -0.1) is 0 Å². The largest absolute Gasteiger partial charge is 0.477 e. The summed E-state index contributed by atoms with van der Waals surface area (Å²) < 4.78 is 11.1. The first-order chi connectivity index (χ1) is 18.4. The molecule has 0 spiro atoms. The molecule has 2 N–H and O–H groups in total. The van der Waals surface area contributed by atoms with Gasteiger partial charge < -0.3 is 20.1 Å². The third-order valence-corrected chi connectivity index (χ3v) is 6.96. The molecule has 0 bridgehead atoms. The molecule has 1 aliphatic rings. The molecule has 12 nitrogen and oxygen atoms in total. The Morgan fingerprint density at radius 1 is 1.29 bits per heavy atom. The van der Waals surface area contributed by atoms with Crippen molar-refractivity contribution in [3.05, 3.63) is 58.1 Å². The molecule has 5 rings (SSSR count). The molecular weight excluding hydrogens is 510 g/mol. The molecule has 0 radical (unpaired) electrons. The van der Waals surface area contributed by atoms with E-state index >= 15 is 0 Å².